The highest BCUT2D eigenvalue weighted by Crippen LogP contribution is 2.49. The van der Waals surface area contributed by atoms with Crippen LogP contribution in [0.1, 0.15) is 30.5 Å². The van der Waals surface area contributed by atoms with E-state index in [2.05, 4.69) is 5.10 Å². The average Bonchev–Trinajstić information content (AvgIpc) is 3.04. The lowest BCUT2D eigenvalue weighted by atomic mass is 9.99. The zero-order valence-electron chi connectivity index (χ0n) is 13.2. The number of hydrogen-bond donors (Lipinski definition) is 0. The highest BCUT2D eigenvalue weighted by atomic mass is 35.5. The van der Waals surface area contributed by atoms with E-state index < -0.39 is 17.7 Å². The maximum Gasteiger partial charge on any atom is 0.255 e. The first-order valence-electron chi connectivity index (χ1n) is 8.13. The summed E-state index contributed by atoms with van der Waals surface area (Å²) in [7, 11) is 0. The third-order valence-electron chi connectivity index (χ3n) is 4.72. The van der Waals surface area contributed by atoms with Gasteiger partial charge in [-0.3, -0.25) is 0 Å². The minimum Gasteiger partial charge on any atom is -0.491 e. The Hall–Kier alpha value is -1.40. The lowest BCUT2D eigenvalue weighted by molar-refractivity contribution is 0.0856. The molecule has 1 unspecified atom stereocenters. The van der Waals surface area contributed by atoms with Crippen LogP contribution in [0.5, 0.6) is 5.75 Å². The van der Waals surface area contributed by atoms with Gasteiger partial charge >= 0.3 is 0 Å². The van der Waals surface area contributed by atoms with Gasteiger partial charge in [-0.25, -0.2) is 17.9 Å². The molecule has 0 saturated heterocycles. The van der Waals surface area contributed by atoms with Crippen molar-refractivity contribution in [1.82, 2.24) is 9.78 Å². The van der Waals surface area contributed by atoms with Crippen molar-refractivity contribution in [2.45, 2.75) is 38.0 Å². The van der Waals surface area contributed by atoms with Crippen LogP contribution in [0.2, 0.25) is 10.2 Å². The topological polar surface area (TPSA) is 27.1 Å². The van der Waals surface area contributed by atoms with E-state index in [1.807, 2.05) is 0 Å². The zero-order valence-corrected chi connectivity index (χ0v) is 14.7. The summed E-state index contributed by atoms with van der Waals surface area (Å²) in [6.45, 7) is -0.166. The van der Waals surface area contributed by atoms with Crippen LogP contribution >= 0.6 is 23.2 Å². The summed E-state index contributed by atoms with van der Waals surface area (Å²) in [4.78, 5) is 0. The highest BCUT2D eigenvalue weighted by Gasteiger charge is 2.57. The molecule has 2 aliphatic carbocycles. The Morgan fingerprint density at radius 2 is 1.96 bits per heavy atom. The molecule has 134 valence electrons. The van der Waals surface area contributed by atoms with Crippen LogP contribution in [0.25, 0.3) is 5.69 Å². The molecule has 1 aromatic heterocycles. The normalized spacial score (nSPS) is 21.1. The molecule has 1 heterocycles. The Labute approximate surface area is 152 Å². The van der Waals surface area contributed by atoms with Crippen molar-refractivity contribution < 1.29 is 17.9 Å². The summed E-state index contributed by atoms with van der Waals surface area (Å²) in [6, 6.07) is 2.46. The van der Waals surface area contributed by atoms with Crippen molar-refractivity contribution in [3.63, 3.8) is 0 Å². The van der Waals surface area contributed by atoms with E-state index in [9.17, 15) is 13.2 Å². The molecule has 25 heavy (non-hydrogen) atoms. The number of halogens is 5. The van der Waals surface area contributed by atoms with Crippen molar-refractivity contribution in [2.75, 3.05) is 6.61 Å². The number of nitrogens with zero attached hydrogens (tertiary/aromatic N) is 2. The van der Waals surface area contributed by atoms with Gasteiger partial charge in [-0.05, 0) is 31.7 Å². The third-order valence-corrected chi connectivity index (χ3v) is 5.40. The monoisotopic (exact) mass is 390 g/mol. The van der Waals surface area contributed by atoms with Gasteiger partial charge in [-0.2, -0.15) is 5.10 Å². The van der Waals surface area contributed by atoms with Crippen LogP contribution in [0.15, 0.2) is 12.1 Å². The lowest BCUT2D eigenvalue weighted by Crippen LogP contribution is -2.07. The summed E-state index contributed by atoms with van der Waals surface area (Å²) < 4.78 is 47.1. The van der Waals surface area contributed by atoms with E-state index in [0.717, 1.165) is 43.0 Å². The van der Waals surface area contributed by atoms with E-state index in [1.165, 1.54) is 10.7 Å². The van der Waals surface area contributed by atoms with Crippen molar-refractivity contribution in [3.05, 3.63) is 39.4 Å². The molecule has 0 amide bonds. The molecule has 1 fully saturated rings. The zero-order chi connectivity index (χ0) is 17.8. The number of aromatic nitrogens is 2. The van der Waals surface area contributed by atoms with Crippen LogP contribution < -0.4 is 4.74 Å². The molecular weight excluding hydrogens is 376 g/mol. The summed E-state index contributed by atoms with van der Waals surface area (Å²) in [5.41, 5.74) is 1.90. The molecule has 0 spiro atoms. The summed E-state index contributed by atoms with van der Waals surface area (Å²) >= 11 is 12.4. The second-order valence-corrected chi connectivity index (χ2v) is 7.31. The van der Waals surface area contributed by atoms with Gasteiger partial charge < -0.3 is 4.74 Å². The highest BCUT2D eigenvalue weighted by molar-refractivity contribution is 6.32. The molecule has 2 aliphatic rings. The van der Waals surface area contributed by atoms with E-state index in [4.69, 9.17) is 27.9 Å². The molecule has 4 rings (SSSR count). The second kappa shape index (κ2) is 6.09. The number of aryl methyl sites for hydroxylation is 1. The van der Waals surface area contributed by atoms with Crippen LogP contribution in [-0.4, -0.2) is 22.3 Å². The lowest BCUT2D eigenvalue weighted by Gasteiger charge is -2.12. The maximum absolute atomic E-state index is 14.4. The summed E-state index contributed by atoms with van der Waals surface area (Å²) in [5, 5.41) is 4.81. The van der Waals surface area contributed by atoms with E-state index in [-0.39, 0.29) is 29.5 Å². The number of ether oxygens (including phenoxy) is 1. The summed E-state index contributed by atoms with van der Waals surface area (Å²) in [5.74, 6) is -3.96. The first-order valence-corrected chi connectivity index (χ1v) is 8.88. The quantitative estimate of drug-likeness (QED) is 0.714. The molecular formula is C17H15Cl2F3N2O. The van der Waals surface area contributed by atoms with Crippen LogP contribution in [0.4, 0.5) is 13.2 Å². The van der Waals surface area contributed by atoms with Crippen LogP contribution in [0, 0.1) is 11.7 Å². The van der Waals surface area contributed by atoms with Crippen LogP contribution in [0.3, 0.4) is 0 Å². The Balaban J connectivity index is 1.65. The predicted octanol–water partition coefficient (Wildman–Crippen LogP) is 5.23. The predicted molar refractivity (Wildman–Crippen MR) is 88.7 cm³/mol. The Kier molecular flexibility index (Phi) is 4.15. The van der Waals surface area contributed by atoms with Gasteiger partial charge in [0.05, 0.1) is 23.2 Å². The first kappa shape index (κ1) is 17.0. The van der Waals surface area contributed by atoms with Gasteiger partial charge in [0, 0.05) is 18.1 Å². The molecule has 1 atom stereocenters. The Morgan fingerprint density at radius 1 is 1.24 bits per heavy atom. The molecule has 0 radical (unpaired) electrons. The summed E-state index contributed by atoms with van der Waals surface area (Å²) in [6.07, 6.45) is 3.45. The molecule has 0 aliphatic heterocycles. The minimum absolute atomic E-state index is 0.0262. The SMILES string of the molecule is Fc1cc(Cl)c(OCC2CC2(F)F)cc1-n1nc2c(c1Cl)CCCC2. The molecule has 1 saturated carbocycles. The third kappa shape index (κ3) is 3.10. The van der Waals surface area contributed by atoms with Gasteiger partial charge in [-0.1, -0.05) is 23.2 Å². The van der Waals surface area contributed by atoms with Crippen molar-refractivity contribution in [2.24, 2.45) is 5.92 Å². The Bertz CT molecular complexity index is 838. The molecule has 2 aromatic rings. The van der Waals surface area contributed by atoms with Crippen molar-refractivity contribution in [1.29, 1.82) is 0 Å². The van der Waals surface area contributed by atoms with Gasteiger partial charge in [0.15, 0.2) is 5.82 Å². The van der Waals surface area contributed by atoms with Gasteiger partial charge in [0.1, 0.15) is 16.6 Å². The first-order chi connectivity index (χ1) is 11.9. The fraction of sp³-hybridized carbons (Fsp3) is 0.471. The van der Waals surface area contributed by atoms with E-state index >= 15 is 0 Å². The fourth-order valence-corrected chi connectivity index (χ4v) is 3.64. The smallest absolute Gasteiger partial charge is 0.255 e. The van der Waals surface area contributed by atoms with Gasteiger partial charge in [0.25, 0.3) is 5.92 Å². The van der Waals surface area contributed by atoms with E-state index in [1.54, 1.807) is 0 Å². The Morgan fingerprint density at radius 3 is 2.64 bits per heavy atom. The molecule has 1 aromatic carbocycles. The second-order valence-electron chi connectivity index (χ2n) is 6.54. The standard InChI is InChI=1S/C17H15Cl2F3N2O/c18-11-5-12(20)14(6-15(11)25-8-9-7-17(9,21)22)24-16(19)10-3-1-2-4-13(10)23-24/h5-6,9H,1-4,7-8H2. The van der Waals surface area contributed by atoms with Gasteiger partial charge in [0.2, 0.25) is 0 Å². The van der Waals surface area contributed by atoms with Crippen LogP contribution in [-0.2, 0) is 12.8 Å². The average molecular weight is 391 g/mol. The number of alkyl halides is 2. The van der Waals surface area contributed by atoms with E-state index in [0.29, 0.717) is 5.15 Å². The largest absolute Gasteiger partial charge is 0.491 e. The van der Waals surface area contributed by atoms with Crippen molar-refractivity contribution >= 4 is 23.2 Å². The van der Waals surface area contributed by atoms with Crippen molar-refractivity contribution in [3.8, 4) is 11.4 Å². The fourth-order valence-electron chi connectivity index (χ4n) is 3.11. The van der Waals surface area contributed by atoms with Gasteiger partial charge in [-0.15, -0.1) is 0 Å². The maximum atomic E-state index is 14.4. The molecule has 0 N–H and O–H groups in total. The number of benzene rings is 1. The molecule has 3 nitrogen and oxygen atoms in total. The number of rotatable bonds is 4. The minimum atomic E-state index is -2.68. The number of fused-ring (bicyclic) bond motifs is 1. The molecule has 8 heteroatoms. The number of hydrogen-bond acceptors (Lipinski definition) is 2. The molecule has 0 bridgehead atoms.